The van der Waals surface area contributed by atoms with Crippen molar-refractivity contribution in [3.63, 3.8) is 0 Å². The van der Waals surface area contributed by atoms with Gasteiger partial charge in [0.2, 0.25) is 0 Å². The lowest BCUT2D eigenvalue weighted by Crippen LogP contribution is -2.17. The molecule has 144 valence electrons. The molecule has 2 aromatic carbocycles. The third-order valence-electron chi connectivity index (χ3n) is 3.06. The van der Waals surface area contributed by atoms with Gasteiger partial charge in [-0.25, -0.2) is 13.3 Å². The summed E-state index contributed by atoms with van der Waals surface area (Å²) in [5, 5.41) is 2.47. The molecular formula is C17H18FNO6P2. The second kappa shape index (κ2) is 8.63. The fourth-order valence-corrected chi connectivity index (χ4v) is 4.90. The molecule has 0 radical (unpaired) electrons. The number of amides is 1. The van der Waals surface area contributed by atoms with Crippen LogP contribution in [0.2, 0.25) is 0 Å². The van der Waals surface area contributed by atoms with Crippen LogP contribution < -0.4 is 5.32 Å². The van der Waals surface area contributed by atoms with Gasteiger partial charge in [0.15, 0.2) is 5.76 Å². The van der Waals surface area contributed by atoms with E-state index in [2.05, 4.69) is 9.63 Å². The quantitative estimate of drug-likeness (QED) is 0.521. The summed E-state index contributed by atoms with van der Waals surface area (Å²) in [4.78, 5) is 21.5. The molecule has 0 spiro atoms. The van der Waals surface area contributed by atoms with Gasteiger partial charge in [0.25, 0.3) is 5.91 Å². The zero-order valence-electron chi connectivity index (χ0n) is 14.5. The van der Waals surface area contributed by atoms with E-state index in [-0.39, 0.29) is 11.3 Å². The highest BCUT2D eigenvalue weighted by molar-refractivity contribution is 7.66. The van der Waals surface area contributed by atoms with Gasteiger partial charge < -0.3 is 14.7 Å². The highest BCUT2D eigenvalue weighted by Crippen LogP contribution is 2.59. The van der Waals surface area contributed by atoms with E-state index < -0.39 is 26.9 Å². The average Bonchev–Trinajstić information content (AvgIpc) is 2.57. The van der Waals surface area contributed by atoms with E-state index in [9.17, 15) is 23.2 Å². The molecule has 0 heterocycles. The van der Waals surface area contributed by atoms with Crippen LogP contribution in [0.5, 0.6) is 0 Å². The predicted molar refractivity (Wildman–Crippen MR) is 99.7 cm³/mol. The van der Waals surface area contributed by atoms with Crippen LogP contribution in [0, 0.1) is 5.82 Å². The maximum Gasteiger partial charge on any atom is 0.383 e. The molecule has 0 saturated carbocycles. The van der Waals surface area contributed by atoms with Crippen molar-refractivity contribution in [3.05, 3.63) is 77.7 Å². The molecule has 10 heteroatoms. The zero-order chi connectivity index (χ0) is 20.1. The SMILES string of the molecule is CP(=O)(O)OP(C)(=O)OC(=CNC(=O)c1ccccc1)c1ccc(F)cc1. The van der Waals surface area contributed by atoms with Crippen LogP contribution in [0.4, 0.5) is 4.39 Å². The Kier molecular flexibility index (Phi) is 6.73. The zero-order valence-corrected chi connectivity index (χ0v) is 16.3. The Bertz CT molecular complexity index is 924. The van der Waals surface area contributed by atoms with E-state index >= 15 is 0 Å². The standard InChI is InChI=1S/C17H18FNO6P2/c1-26(21,22)25-27(2,23)24-16(13-8-10-15(18)11-9-13)12-19-17(20)14-6-4-3-5-7-14/h3-12H,1-2H3,(H,19,20)(H,21,22). The minimum Gasteiger partial charge on any atom is -0.422 e. The van der Waals surface area contributed by atoms with Crippen molar-refractivity contribution >= 4 is 26.9 Å². The average molecular weight is 413 g/mol. The van der Waals surface area contributed by atoms with Crippen LogP contribution in [-0.2, 0) is 18.0 Å². The molecule has 2 N–H and O–H groups in total. The Balaban J connectivity index is 2.29. The summed E-state index contributed by atoms with van der Waals surface area (Å²) in [6.07, 6.45) is 1.13. The van der Waals surface area contributed by atoms with Gasteiger partial charge in [-0.3, -0.25) is 9.36 Å². The second-order valence-electron chi connectivity index (χ2n) is 5.60. The number of nitrogens with one attached hydrogen (secondary N) is 1. The largest absolute Gasteiger partial charge is 0.422 e. The molecule has 0 aliphatic rings. The Hall–Kier alpha value is -2.24. The molecule has 0 aliphatic carbocycles. The highest BCUT2D eigenvalue weighted by Gasteiger charge is 2.29. The number of benzene rings is 2. The molecule has 1 amide bonds. The summed E-state index contributed by atoms with van der Waals surface area (Å²) in [6, 6.07) is 13.3. The molecule has 0 aromatic heterocycles. The van der Waals surface area contributed by atoms with E-state index in [1.807, 2.05) is 0 Å². The van der Waals surface area contributed by atoms with E-state index in [0.29, 0.717) is 5.56 Å². The molecule has 0 bridgehead atoms. The van der Waals surface area contributed by atoms with E-state index in [1.54, 1.807) is 30.3 Å². The number of halogens is 1. The van der Waals surface area contributed by atoms with Crippen LogP contribution in [0.25, 0.3) is 5.76 Å². The maximum absolute atomic E-state index is 13.2. The lowest BCUT2D eigenvalue weighted by molar-refractivity contribution is 0.0969. The van der Waals surface area contributed by atoms with Crippen molar-refractivity contribution < 1.29 is 32.0 Å². The molecule has 2 rings (SSSR count). The number of hydrogen-bond donors (Lipinski definition) is 2. The number of carbonyl (C=O) groups is 1. The van der Waals surface area contributed by atoms with Crippen LogP contribution in [0.1, 0.15) is 15.9 Å². The van der Waals surface area contributed by atoms with Gasteiger partial charge in [0.1, 0.15) is 5.82 Å². The molecule has 0 saturated heterocycles. The first-order valence-corrected chi connectivity index (χ1v) is 11.7. The predicted octanol–water partition coefficient (Wildman–Crippen LogP) is 4.23. The minimum atomic E-state index is -4.09. The Morgan fingerprint density at radius 2 is 1.63 bits per heavy atom. The van der Waals surface area contributed by atoms with Crippen molar-refractivity contribution in [2.45, 2.75) is 0 Å². The number of carbonyl (C=O) groups excluding carboxylic acids is 1. The van der Waals surface area contributed by atoms with Gasteiger partial charge in [-0.05, 0) is 36.4 Å². The fraction of sp³-hybridized carbons (Fsp3) is 0.118. The molecule has 27 heavy (non-hydrogen) atoms. The molecular weight excluding hydrogens is 395 g/mol. The Labute approximate surface area is 155 Å². The molecule has 2 aromatic rings. The van der Waals surface area contributed by atoms with E-state index in [0.717, 1.165) is 31.7 Å². The first-order chi connectivity index (χ1) is 12.6. The summed E-state index contributed by atoms with van der Waals surface area (Å²) >= 11 is 0. The molecule has 0 aliphatic heterocycles. The fourth-order valence-electron chi connectivity index (χ4n) is 2.05. The van der Waals surface area contributed by atoms with Gasteiger partial charge in [0.05, 0.1) is 6.66 Å². The highest BCUT2D eigenvalue weighted by atomic mass is 31.3. The Morgan fingerprint density at radius 1 is 1.04 bits per heavy atom. The third kappa shape index (κ3) is 7.12. The molecule has 2 atom stereocenters. The summed E-state index contributed by atoms with van der Waals surface area (Å²) < 4.78 is 46.8. The topological polar surface area (TPSA) is 102 Å². The van der Waals surface area contributed by atoms with E-state index in [1.165, 1.54) is 12.1 Å². The lowest BCUT2D eigenvalue weighted by Gasteiger charge is -2.19. The van der Waals surface area contributed by atoms with Gasteiger partial charge in [-0.1, -0.05) is 18.2 Å². The first kappa shape index (κ1) is 21.1. The molecule has 7 nitrogen and oxygen atoms in total. The monoisotopic (exact) mass is 413 g/mol. The van der Waals surface area contributed by atoms with Gasteiger partial charge in [-0.15, -0.1) is 0 Å². The number of hydrogen-bond acceptors (Lipinski definition) is 5. The van der Waals surface area contributed by atoms with Crippen LogP contribution in [0.15, 0.2) is 60.8 Å². The van der Waals surface area contributed by atoms with Crippen molar-refractivity contribution in [3.8, 4) is 0 Å². The first-order valence-electron chi connectivity index (χ1n) is 7.66. The molecule has 0 fully saturated rings. The minimum absolute atomic E-state index is 0.126. The van der Waals surface area contributed by atoms with Crippen LogP contribution in [-0.4, -0.2) is 24.1 Å². The smallest absolute Gasteiger partial charge is 0.383 e. The lowest BCUT2D eigenvalue weighted by atomic mass is 10.2. The van der Waals surface area contributed by atoms with Crippen molar-refractivity contribution in [2.75, 3.05) is 13.3 Å². The molecule has 2 unspecified atom stereocenters. The van der Waals surface area contributed by atoms with Gasteiger partial charge >= 0.3 is 15.2 Å². The van der Waals surface area contributed by atoms with E-state index in [4.69, 9.17) is 4.52 Å². The maximum atomic E-state index is 13.2. The third-order valence-corrected chi connectivity index (χ3v) is 5.99. The second-order valence-corrected chi connectivity index (χ2v) is 9.59. The van der Waals surface area contributed by atoms with Gasteiger partial charge in [-0.2, -0.15) is 0 Å². The van der Waals surface area contributed by atoms with Gasteiger partial charge in [0, 0.05) is 24.0 Å². The summed E-state index contributed by atoms with van der Waals surface area (Å²) in [7, 11) is -8.10. The Morgan fingerprint density at radius 3 is 2.19 bits per heavy atom. The van der Waals surface area contributed by atoms with Crippen molar-refractivity contribution in [1.29, 1.82) is 0 Å². The van der Waals surface area contributed by atoms with Crippen molar-refractivity contribution in [2.24, 2.45) is 0 Å². The van der Waals surface area contributed by atoms with Crippen molar-refractivity contribution in [1.82, 2.24) is 5.32 Å². The van der Waals surface area contributed by atoms with Crippen LogP contribution >= 0.6 is 15.2 Å². The normalized spacial score (nSPS) is 16.1. The van der Waals surface area contributed by atoms with Crippen LogP contribution in [0.3, 0.4) is 0 Å². The summed E-state index contributed by atoms with van der Waals surface area (Å²) in [5.74, 6) is -1.09. The number of rotatable bonds is 7. The summed E-state index contributed by atoms with van der Waals surface area (Å²) in [6.45, 7) is 1.88. The summed E-state index contributed by atoms with van der Waals surface area (Å²) in [5.41, 5.74) is 0.649.